The molecule has 0 aromatic heterocycles. The molecular weight excluding hydrogens is 292 g/mol. The number of likely N-dealkylation sites (tertiary alicyclic amines) is 1. The summed E-state index contributed by atoms with van der Waals surface area (Å²) in [5.74, 6) is -0.0489. The highest BCUT2D eigenvalue weighted by Gasteiger charge is 2.35. The molecule has 0 bridgehead atoms. The molecule has 1 aliphatic rings. The zero-order valence-electron chi connectivity index (χ0n) is 14.0. The molecule has 1 aromatic rings. The van der Waals surface area contributed by atoms with Crippen molar-refractivity contribution in [1.29, 1.82) is 0 Å². The Morgan fingerprint density at radius 3 is 2.65 bits per heavy atom. The van der Waals surface area contributed by atoms with Crippen LogP contribution in [-0.2, 0) is 11.2 Å². The van der Waals surface area contributed by atoms with Crippen LogP contribution in [0.3, 0.4) is 0 Å². The maximum atomic E-state index is 12.5. The molecule has 1 amide bonds. The molecule has 1 heterocycles. The van der Waals surface area contributed by atoms with Crippen LogP contribution in [0.2, 0.25) is 0 Å². The Bertz CT molecular complexity index is 492. The number of nitrogens with one attached hydrogen (secondary N) is 1. The highest BCUT2D eigenvalue weighted by atomic mass is 16.5. The molecule has 1 aromatic carbocycles. The first-order valence-corrected chi connectivity index (χ1v) is 8.45. The average Bonchev–Trinajstić information content (AvgIpc) is 3.03. The first-order valence-electron chi connectivity index (χ1n) is 8.45. The van der Waals surface area contributed by atoms with Gasteiger partial charge in [0.25, 0.3) is 0 Å². The number of carbonyl (C=O) groups excluding carboxylic acids is 1. The summed E-state index contributed by atoms with van der Waals surface area (Å²) in [6, 6.07) is 9.73. The Hall–Kier alpha value is -1.43. The van der Waals surface area contributed by atoms with Gasteiger partial charge in [-0.05, 0) is 45.1 Å². The van der Waals surface area contributed by atoms with Gasteiger partial charge < -0.3 is 20.4 Å². The van der Waals surface area contributed by atoms with Crippen molar-refractivity contribution in [2.75, 3.05) is 6.54 Å². The van der Waals surface area contributed by atoms with E-state index in [-0.39, 0.29) is 18.0 Å². The molecule has 0 spiro atoms. The van der Waals surface area contributed by atoms with Crippen molar-refractivity contribution in [2.24, 2.45) is 0 Å². The van der Waals surface area contributed by atoms with Crippen LogP contribution >= 0.6 is 0 Å². The molecule has 5 heteroatoms. The van der Waals surface area contributed by atoms with Gasteiger partial charge in [0.1, 0.15) is 0 Å². The summed E-state index contributed by atoms with van der Waals surface area (Å²) in [6.45, 7) is 4.53. The van der Waals surface area contributed by atoms with Crippen molar-refractivity contribution in [3.05, 3.63) is 35.9 Å². The Labute approximate surface area is 138 Å². The number of nitrogens with zero attached hydrogens (tertiary/aromatic N) is 1. The maximum Gasteiger partial charge on any atom is 0.239 e. The quantitative estimate of drug-likeness (QED) is 0.662. The van der Waals surface area contributed by atoms with Crippen molar-refractivity contribution in [3.8, 4) is 0 Å². The molecule has 0 aliphatic carbocycles. The van der Waals surface area contributed by atoms with Crippen molar-refractivity contribution in [2.45, 2.75) is 63.9 Å². The fourth-order valence-electron chi connectivity index (χ4n) is 3.23. The van der Waals surface area contributed by atoms with Crippen LogP contribution in [0, 0.1) is 0 Å². The lowest BCUT2D eigenvalue weighted by molar-refractivity contribution is -0.145. The van der Waals surface area contributed by atoms with E-state index in [0.717, 1.165) is 19.3 Å². The standard InChI is InChI=1S/C18H28N2O3/c1-13(10-11-15-7-4-3-5-8-15)19-14(2)17(21)20-12-6-9-16(20)18(22)23/h3-5,7-8,13-14,16,18-19,22-23H,6,9-12H2,1-2H3. The topological polar surface area (TPSA) is 72.8 Å². The summed E-state index contributed by atoms with van der Waals surface area (Å²) in [6.07, 6.45) is 1.94. The molecule has 0 radical (unpaired) electrons. The number of aliphatic hydroxyl groups is 2. The molecule has 128 valence electrons. The predicted molar refractivity (Wildman–Crippen MR) is 89.8 cm³/mol. The maximum absolute atomic E-state index is 12.5. The highest BCUT2D eigenvalue weighted by Crippen LogP contribution is 2.20. The summed E-state index contributed by atoms with van der Waals surface area (Å²) >= 11 is 0. The Balaban J connectivity index is 1.80. The van der Waals surface area contributed by atoms with E-state index in [0.29, 0.717) is 13.0 Å². The number of aliphatic hydroxyl groups excluding tert-OH is 1. The van der Waals surface area contributed by atoms with Crippen LogP contribution in [0.15, 0.2) is 30.3 Å². The fourth-order valence-corrected chi connectivity index (χ4v) is 3.23. The van der Waals surface area contributed by atoms with E-state index in [1.807, 2.05) is 25.1 Å². The van der Waals surface area contributed by atoms with Gasteiger partial charge in [-0.3, -0.25) is 4.79 Å². The van der Waals surface area contributed by atoms with E-state index in [9.17, 15) is 15.0 Å². The smallest absolute Gasteiger partial charge is 0.239 e. The van der Waals surface area contributed by atoms with E-state index < -0.39 is 12.3 Å². The van der Waals surface area contributed by atoms with Gasteiger partial charge in [0.05, 0.1) is 12.1 Å². The molecule has 1 aliphatic heterocycles. The summed E-state index contributed by atoms with van der Waals surface area (Å²) in [4.78, 5) is 14.1. The number of amides is 1. The zero-order chi connectivity index (χ0) is 16.8. The normalized spacial score (nSPS) is 20.7. The fraction of sp³-hybridized carbons (Fsp3) is 0.611. The van der Waals surface area contributed by atoms with Gasteiger partial charge in [0.2, 0.25) is 5.91 Å². The van der Waals surface area contributed by atoms with Gasteiger partial charge in [0, 0.05) is 12.6 Å². The third-order valence-corrected chi connectivity index (χ3v) is 4.54. The second kappa shape index (κ2) is 8.43. The van der Waals surface area contributed by atoms with Crippen molar-refractivity contribution in [3.63, 3.8) is 0 Å². The third-order valence-electron chi connectivity index (χ3n) is 4.54. The van der Waals surface area contributed by atoms with Gasteiger partial charge in [-0.1, -0.05) is 30.3 Å². The highest BCUT2D eigenvalue weighted by molar-refractivity contribution is 5.82. The SMILES string of the molecule is CC(CCc1ccccc1)NC(C)C(=O)N1CCCC1C(O)O. The molecule has 3 N–H and O–H groups in total. The van der Waals surface area contributed by atoms with Gasteiger partial charge >= 0.3 is 0 Å². The van der Waals surface area contributed by atoms with Crippen molar-refractivity contribution >= 4 is 5.91 Å². The van der Waals surface area contributed by atoms with Crippen LogP contribution in [-0.4, -0.2) is 52.0 Å². The van der Waals surface area contributed by atoms with Gasteiger partial charge in [0.15, 0.2) is 6.29 Å². The van der Waals surface area contributed by atoms with Crippen molar-refractivity contribution < 1.29 is 15.0 Å². The first-order chi connectivity index (χ1) is 11.0. The van der Waals surface area contributed by atoms with E-state index in [4.69, 9.17) is 0 Å². The van der Waals surface area contributed by atoms with E-state index >= 15 is 0 Å². The van der Waals surface area contributed by atoms with Crippen LogP contribution < -0.4 is 5.32 Å². The Morgan fingerprint density at radius 2 is 2.00 bits per heavy atom. The molecule has 0 saturated carbocycles. The molecular formula is C18H28N2O3. The van der Waals surface area contributed by atoms with Gasteiger partial charge in [-0.2, -0.15) is 0 Å². The lowest BCUT2D eigenvalue weighted by Gasteiger charge is -2.30. The number of carbonyl (C=O) groups is 1. The van der Waals surface area contributed by atoms with Gasteiger partial charge in [-0.15, -0.1) is 0 Å². The molecule has 5 nitrogen and oxygen atoms in total. The molecule has 1 fully saturated rings. The second-order valence-electron chi connectivity index (χ2n) is 6.47. The molecule has 23 heavy (non-hydrogen) atoms. The first kappa shape index (κ1) is 17.9. The zero-order valence-corrected chi connectivity index (χ0v) is 14.0. The number of benzene rings is 1. The average molecular weight is 320 g/mol. The second-order valence-corrected chi connectivity index (χ2v) is 6.47. The minimum atomic E-state index is -1.45. The summed E-state index contributed by atoms with van der Waals surface area (Å²) in [7, 11) is 0. The molecule has 3 atom stereocenters. The van der Waals surface area contributed by atoms with Crippen LogP contribution in [0.1, 0.15) is 38.7 Å². The van der Waals surface area contributed by atoms with Crippen LogP contribution in [0.4, 0.5) is 0 Å². The Kier molecular flexibility index (Phi) is 6.57. The van der Waals surface area contributed by atoms with Crippen LogP contribution in [0.25, 0.3) is 0 Å². The van der Waals surface area contributed by atoms with E-state index in [2.05, 4.69) is 24.4 Å². The predicted octanol–water partition coefficient (Wildman–Crippen LogP) is 1.29. The van der Waals surface area contributed by atoms with Gasteiger partial charge in [-0.25, -0.2) is 0 Å². The number of rotatable bonds is 7. The minimum absolute atomic E-state index is 0.0489. The number of hydrogen-bond donors (Lipinski definition) is 3. The lowest BCUT2D eigenvalue weighted by atomic mass is 10.1. The monoisotopic (exact) mass is 320 g/mol. The largest absolute Gasteiger partial charge is 0.366 e. The summed E-state index contributed by atoms with van der Waals surface area (Å²) in [5.41, 5.74) is 1.29. The molecule has 3 unspecified atom stereocenters. The summed E-state index contributed by atoms with van der Waals surface area (Å²) < 4.78 is 0. The molecule has 2 rings (SSSR count). The number of hydrogen-bond acceptors (Lipinski definition) is 4. The van der Waals surface area contributed by atoms with E-state index in [1.165, 1.54) is 5.56 Å². The summed E-state index contributed by atoms with van der Waals surface area (Å²) in [5, 5.41) is 22.1. The number of aryl methyl sites for hydroxylation is 1. The van der Waals surface area contributed by atoms with Crippen LogP contribution in [0.5, 0.6) is 0 Å². The minimum Gasteiger partial charge on any atom is -0.366 e. The Morgan fingerprint density at radius 1 is 1.30 bits per heavy atom. The van der Waals surface area contributed by atoms with E-state index in [1.54, 1.807) is 4.90 Å². The third kappa shape index (κ3) is 5.03. The molecule has 1 saturated heterocycles. The lowest BCUT2D eigenvalue weighted by Crippen LogP contribution is -2.51. The van der Waals surface area contributed by atoms with Crippen molar-refractivity contribution in [1.82, 2.24) is 10.2 Å².